The number of nitrogens with one attached hydrogen (secondary N) is 2. The number of carbonyl (C=O) groups excluding carboxylic acids is 1. The number of rotatable bonds is 2. The number of aromatic amines is 1. The quantitative estimate of drug-likeness (QED) is 0.750. The first-order valence-corrected chi connectivity index (χ1v) is 6.15. The predicted octanol–water partition coefficient (Wildman–Crippen LogP) is 3.26. The number of H-pyrrole nitrogens is 1. The van der Waals surface area contributed by atoms with Crippen molar-refractivity contribution < 1.29 is 9.18 Å². The number of amides is 1. The lowest BCUT2D eigenvalue weighted by Gasteiger charge is -2.07. The van der Waals surface area contributed by atoms with Crippen LogP contribution in [0.4, 0.5) is 10.1 Å². The minimum Gasteiger partial charge on any atom is -0.321 e. The van der Waals surface area contributed by atoms with Crippen molar-refractivity contribution in [2.24, 2.45) is 0 Å². The number of fused-ring (bicyclic) bond motifs is 1. The first-order chi connectivity index (χ1) is 9.65. The maximum atomic E-state index is 13.2. The maximum absolute atomic E-state index is 13.2. The summed E-state index contributed by atoms with van der Waals surface area (Å²) in [7, 11) is 0. The van der Waals surface area contributed by atoms with Crippen LogP contribution in [-0.4, -0.2) is 16.1 Å². The molecular weight excluding hydrogens is 257 g/mol. The van der Waals surface area contributed by atoms with E-state index in [2.05, 4.69) is 15.5 Å². The molecule has 0 radical (unpaired) electrons. The molecule has 20 heavy (non-hydrogen) atoms. The summed E-state index contributed by atoms with van der Waals surface area (Å²) in [5.74, 6) is -0.597. The van der Waals surface area contributed by atoms with E-state index in [4.69, 9.17) is 0 Å². The van der Waals surface area contributed by atoms with Crippen molar-refractivity contribution >= 4 is 22.5 Å². The number of hydrogen-bond acceptors (Lipinski definition) is 2. The highest BCUT2D eigenvalue weighted by Gasteiger charge is 2.10. The molecule has 0 aliphatic rings. The van der Waals surface area contributed by atoms with Crippen molar-refractivity contribution in [2.75, 3.05) is 5.32 Å². The third kappa shape index (κ3) is 2.14. The van der Waals surface area contributed by atoms with Crippen LogP contribution in [0.15, 0.2) is 42.6 Å². The van der Waals surface area contributed by atoms with Crippen molar-refractivity contribution in [1.29, 1.82) is 0 Å². The lowest BCUT2D eigenvalue weighted by molar-refractivity contribution is 0.102. The Morgan fingerprint density at radius 3 is 2.95 bits per heavy atom. The molecule has 1 aromatic heterocycles. The zero-order chi connectivity index (χ0) is 14.1. The summed E-state index contributed by atoms with van der Waals surface area (Å²) in [5, 5.41) is 10.4. The summed E-state index contributed by atoms with van der Waals surface area (Å²) >= 11 is 0. The van der Waals surface area contributed by atoms with Gasteiger partial charge in [-0.3, -0.25) is 9.89 Å². The molecule has 1 heterocycles. The minimum atomic E-state index is -0.321. The molecule has 0 saturated carbocycles. The SMILES string of the molecule is Cc1cc(C(=O)Nc2cccc3[nH]ncc23)ccc1F. The lowest BCUT2D eigenvalue weighted by Crippen LogP contribution is -2.12. The van der Waals surface area contributed by atoms with Gasteiger partial charge in [-0.2, -0.15) is 5.10 Å². The second-order valence-electron chi connectivity index (χ2n) is 4.55. The Morgan fingerprint density at radius 1 is 1.30 bits per heavy atom. The molecule has 2 N–H and O–H groups in total. The van der Waals surface area contributed by atoms with Gasteiger partial charge in [-0.05, 0) is 42.8 Å². The third-order valence-corrected chi connectivity index (χ3v) is 3.15. The lowest BCUT2D eigenvalue weighted by atomic mass is 10.1. The Hall–Kier alpha value is -2.69. The van der Waals surface area contributed by atoms with Crippen molar-refractivity contribution in [1.82, 2.24) is 10.2 Å². The van der Waals surface area contributed by atoms with E-state index >= 15 is 0 Å². The number of aryl methyl sites for hydroxylation is 1. The molecule has 2 aromatic carbocycles. The topological polar surface area (TPSA) is 57.8 Å². The van der Waals surface area contributed by atoms with Crippen LogP contribution >= 0.6 is 0 Å². The standard InChI is InChI=1S/C15H12FN3O/c1-9-7-10(5-6-12(9)16)15(20)18-13-3-2-4-14-11(13)8-17-19-14/h2-8H,1H3,(H,17,19)(H,18,20). The van der Waals surface area contributed by atoms with Crippen LogP contribution in [0.25, 0.3) is 10.9 Å². The molecule has 3 aromatic rings. The Morgan fingerprint density at radius 2 is 2.15 bits per heavy atom. The Bertz CT molecular complexity index is 795. The highest BCUT2D eigenvalue weighted by molar-refractivity contribution is 6.08. The van der Waals surface area contributed by atoms with Gasteiger partial charge in [0, 0.05) is 10.9 Å². The molecule has 1 amide bonds. The Labute approximate surface area is 114 Å². The molecule has 100 valence electrons. The molecule has 0 atom stereocenters. The number of carbonyl (C=O) groups is 1. The van der Waals surface area contributed by atoms with E-state index in [0.29, 0.717) is 16.8 Å². The van der Waals surface area contributed by atoms with Crippen LogP contribution < -0.4 is 5.32 Å². The van der Waals surface area contributed by atoms with Gasteiger partial charge in [-0.1, -0.05) is 6.07 Å². The average Bonchev–Trinajstić information content (AvgIpc) is 2.91. The van der Waals surface area contributed by atoms with Crippen LogP contribution in [0.1, 0.15) is 15.9 Å². The number of nitrogens with zero attached hydrogens (tertiary/aromatic N) is 1. The minimum absolute atomic E-state index is 0.276. The number of aromatic nitrogens is 2. The number of benzene rings is 2. The number of halogens is 1. The molecular formula is C15H12FN3O. The second kappa shape index (κ2) is 4.77. The van der Waals surface area contributed by atoms with Gasteiger partial charge in [0.15, 0.2) is 0 Å². The van der Waals surface area contributed by atoms with Gasteiger partial charge in [0.1, 0.15) is 5.82 Å². The van der Waals surface area contributed by atoms with E-state index in [9.17, 15) is 9.18 Å². The molecule has 0 saturated heterocycles. The molecule has 0 fully saturated rings. The Kier molecular flexibility index (Phi) is 2.95. The normalized spacial score (nSPS) is 10.7. The highest BCUT2D eigenvalue weighted by Crippen LogP contribution is 2.22. The summed E-state index contributed by atoms with van der Waals surface area (Å²) in [6, 6.07) is 9.79. The van der Waals surface area contributed by atoms with E-state index in [1.165, 1.54) is 18.2 Å². The van der Waals surface area contributed by atoms with E-state index in [-0.39, 0.29) is 11.7 Å². The molecule has 5 heteroatoms. The zero-order valence-corrected chi connectivity index (χ0v) is 10.8. The first kappa shape index (κ1) is 12.3. The van der Waals surface area contributed by atoms with Crippen LogP contribution in [0, 0.1) is 12.7 Å². The van der Waals surface area contributed by atoms with E-state index < -0.39 is 0 Å². The summed E-state index contributed by atoms with van der Waals surface area (Å²) in [4.78, 5) is 12.2. The predicted molar refractivity (Wildman–Crippen MR) is 75.2 cm³/mol. The van der Waals surface area contributed by atoms with Crippen LogP contribution in [-0.2, 0) is 0 Å². The monoisotopic (exact) mass is 269 g/mol. The van der Waals surface area contributed by atoms with Gasteiger partial charge in [0.25, 0.3) is 5.91 Å². The molecule has 0 aliphatic heterocycles. The molecule has 0 spiro atoms. The van der Waals surface area contributed by atoms with E-state index in [0.717, 1.165) is 10.9 Å². The highest BCUT2D eigenvalue weighted by atomic mass is 19.1. The Balaban J connectivity index is 1.92. The second-order valence-corrected chi connectivity index (χ2v) is 4.55. The van der Waals surface area contributed by atoms with Crippen molar-refractivity contribution in [3.63, 3.8) is 0 Å². The van der Waals surface area contributed by atoms with Gasteiger partial charge >= 0.3 is 0 Å². The van der Waals surface area contributed by atoms with E-state index in [1.54, 1.807) is 19.2 Å². The van der Waals surface area contributed by atoms with Crippen molar-refractivity contribution in [2.45, 2.75) is 6.92 Å². The number of hydrogen-bond donors (Lipinski definition) is 2. The van der Waals surface area contributed by atoms with Gasteiger partial charge in [0.2, 0.25) is 0 Å². The molecule has 0 unspecified atom stereocenters. The van der Waals surface area contributed by atoms with Crippen LogP contribution in [0.3, 0.4) is 0 Å². The van der Waals surface area contributed by atoms with Gasteiger partial charge in [0.05, 0.1) is 17.4 Å². The molecule has 3 rings (SSSR count). The molecule has 0 aliphatic carbocycles. The average molecular weight is 269 g/mol. The van der Waals surface area contributed by atoms with Crippen LogP contribution in [0.2, 0.25) is 0 Å². The van der Waals surface area contributed by atoms with Crippen LogP contribution in [0.5, 0.6) is 0 Å². The fourth-order valence-corrected chi connectivity index (χ4v) is 2.06. The fourth-order valence-electron chi connectivity index (χ4n) is 2.06. The molecule has 0 bridgehead atoms. The van der Waals surface area contributed by atoms with Crippen molar-refractivity contribution in [3.8, 4) is 0 Å². The first-order valence-electron chi connectivity index (χ1n) is 6.15. The van der Waals surface area contributed by atoms with Crippen molar-refractivity contribution in [3.05, 3.63) is 59.5 Å². The maximum Gasteiger partial charge on any atom is 0.255 e. The van der Waals surface area contributed by atoms with Gasteiger partial charge in [-0.15, -0.1) is 0 Å². The summed E-state index contributed by atoms with van der Waals surface area (Å²) in [5.41, 5.74) is 2.38. The molecule has 4 nitrogen and oxygen atoms in total. The summed E-state index contributed by atoms with van der Waals surface area (Å²) < 4.78 is 13.2. The summed E-state index contributed by atoms with van der Waals surface area (Å²) in [6.45, 7) is 1.63. The smallest absolute Gasteiger partial charge is 0.255 e. The number of anilines is 1. The summed E-state index contributed by atoms with van der Waals surface area (Å²) in [6.07, 6.45) is 1.65. The van der Waals surface area contributed by atoms with E-state index in [1.807, 2.05) is 12.1 Å². The third-order valence-electron chi connectivity index (χ3n) is 3.15. The zero-order valence-electron chi connectivity index (χ0n) is 10.8. The van der Waals surface area contributed by atoms with Gasteiger partial charge in [-0.25, -0.2) is 4.39 Å². The fraction of sp³-hybridized carbons (Fsp3) is 0.0667. The van der Waals surface area contributed by atoms with Gasteiger partial charge < -0.3 is 5.32 Å². The largest absolute Gasteiger partial charge is 0.321 e.